The highest BCUT2D eigenvalue weighted by Gasteiger charge is 2.16. The molecule has 0 spiro atoms. The SMILES string of the molecule is Cc1c(C(=O)O)c(=O)oc2ccccc12. The van der Waals surface area contributed by atoms with Crippen molar-refractivity contribution in [1.82, 2.24) is 0 Å². The Balaban J connectivity index is 2.97. The molecule has 4 nitrogen and oxygen atoms in total. The van der Waals surface area contributed by atoms with Crippen LogP contribution in [-0.4, -0.2) is 11.1 Å². The molecule has 0 radical (unpaired) electrons. The molecule has 2 aromatic rings. The lowest BCUT2D eigenvalue weighted by Gasteiger charge is -2.02. The number of para-hydroxylation sites is 1. The zero-order valence-electron chi connectivity index (χ0n) is 7.98. The molecule has 0 atom stereocenters. The Morgan fingerprint density at radius 3 is 2.67 bits per heavy atom. The van der Waals surface area contributed by atoms with E-state index in [2.05, 4.69) is 0 Å². The van der Waals surface area contributed by atoms with Crippen LogP contribution < -0.4 is 5.63 Å². The van der Waals surface area contributed by atoms with Crippen molar-refractivity contribution in [2.24, 2.45) is 0 Å². The molecule has 0 amide bonds. The van der Waals surface area contributed by atoms with E-state index < -0.39 is 11.6 Å². The van der Waals surface area contributed by atoms with Crippen LogP contribution >= 0.6 is 0 Å². The van der Waals surface area contributed by atoms with Gasteiger partial charge in [0, 0.05) is 5.39 Å². The maximum Gasteiger partial charge on any atom is 0.351 e. The van der Waals surface area contributed by atoms with Gasteiger partial charge in [0.25, 0.3) is 0 Å². The van der Waals surface area contributed by atoms with Crippen molar-refractivity contribution in [2.45, 2.75) is 6.92 Å². The van der Waals surface area contributed by atoms with Crippen LogP contribution in [0.5, 0.6) is 0 Å². The van der Waals surface area contributed by atoms with Crippen molar-refractivity contribution < 1.29 is 14.3 Å². The maximum absolute atomic E-state index is 11.3. The number of aryl methyl sites for hydroxylation is 1. The second-order valence-corrected chi connectivity index (χ2v) is 3.19. The highest BCUT2D eigenvalue weighted by Crippen LogP contribution is 2.18. The molecule has 0 saturated carbocycles. The van der Waals surface area contributed by atoms with Gasteiger partial charge in [0.1, 0.15) is 11.1 Å². The molecule has 0 aliphatic carbocycles. The summed E-state index contributed by atoms with van der Waals surface area (Å²) < 4.78 is 4.90. The minimum atomic E-state index is -1.26. The summed E-state index contributed by atoms with van der Waals surface area (Å²) in [6.45, 7) is 1.60. The molecule has 1 aromatic heterocycles. The van der Waals surface area contributed by atoms with Crippen LogP contribution in [0.2, 0.25) is 0 Å². The fourth-order valence-corrected chi connectivity index (χ4v) is 1.55. The van der Waals surface area contributed by atoms with Crippen molar-refractivity contribution in [3.05, 3.63) is 45.8 Å². The van der Waals surface area contributed by atoms with Crippen LogP contribution in [0.15, 0.2) is 33.5 Å². The molecule has 0 aliphatic heterocycles. The second-order valence-electron chi connectivity index (χ2n) is 3.19. The number of fused-ring (bicyclic) bond motifs is 1. The Morgan fingerprint density at radius 2 is 2.00 bits per heavy atom. The van der Waals surface area contributed by atoms with E-state index in [0.717, 1.165) is 0 Å². The van der Waals surface area contributed by atoms with Gasteiger partial charge in [-0.2, -0.15) is 0 Å². The number of carboxylic acids is 1. The van der Waals surface area contributed by atoms with E-state index in [9.17, 15) is 9.59 Å². The van der Waals surface area contributed by atoms with Crippen LogP contribution in [0.25, 0.3) is 11.0 Å². The molecule has 15 heavy (non-hydrogen) atoms. The van der Waals surface area contributed by atoms with Crippen LogP contribution in [0.3, 0.4) is 0 Å². The molecule has 0 saturated heterocycles. The molecule has 2 rings (SSSR count). The largest absolute Gasteiger partial charge is 0.477 e. The van der Waals surface area contributed by atoms with E-state index in [1.165, 1.54) is 0 Å². The molecule has 0 aliphatic rings. The zero-order chi connectivity index (χ0) is 11.0. The first-order chi connectivity index (χ1) is 7.11. The molecule has 4 heteroatoms. The van der Waals surface area contributed by atoms with E-state index >= 15 is 0 Å². The summed E-state index contributed by atoms with van der Waals surface area (Å²) >= 11 is 0. The highest BCUT2D eigenvalue weighted by molar-refractivity contribution is 5.94. The predicted molar refractivity (Wildman–Crippen MR) is 54.2 cm³/mol. The van der Waals surface area contributed by atoms with Gasteiger partial charge in [-0.3, -0.25) is 0 Å². The first kappa shape index (κ1) is 9.45. The van der Waals surface area contributed by atoms with E-state index in [1.807, 2.05) is 0 Å². The highest BCUT2D eigenvalue weighted by atomic mass is 16.4. The molecule has 0 bridgehead atoms. The number of rotatable bonds is 1. The van der Waals surface area contributed by atoms with Crippen molar-refractivity contribution in [3.63, 3.8) is 0 Å². The molecular weight excluding hydrogens is 196 g/mol. The predicted octanol–water partition coefficient (Wildman–Crippen LogP) is 1.80. The molecule has 1 heterocycles. The van der Waals surface area contributed by atoms with Gasteiger partial charge in [-0.05, 0) is 18.6 Å². The number of carboxylic acid groups (broad SMARTS) is 1. The van der Waals surface area contributed by atoms with Crippen LogP contribution in [0.1, 0.15) is 15.9 Å². The number of hydrogen-bond acceptors (Lipinski definition) is 3. The van der Waals surface area contributed by atoms with Crippen molar-refractivity contribution in [3.8, 4) is 0 Å². The van der Waals surface area contributed by atoms with E-state index in [0.29, 0.717) is 16.5 Å². The molecular formula is C11H8O4. The molecule has 0 unspecified atom stereocenters. The fraction of sp³-hybridized carbons (Fsp3) is 0.0909. The Morgan fingerprint density at radius 1 is 1.33 bits per heavy atom. The van der Waals surface area contributed by atoms with E-state index in [1.54, 1.807) is 31.2 Å². The lowest BCUT2D eigenvalue weighted by molar-refractivity contribution is 0.0692. The minimum Gasteiger partial charge on any atom is -0.477 e. The summed E-state index contributed by atoms with van der Waals surface area (Å²) in [4.78, 5) is 22.2. The number of hydrogen-bond donors (Lipinski definition) is 1. The van der Waals surface area contributed by atoms with Gasteiger partial charge < -0.3 is 9.52 Å². The molecule has 76 valence electrons. The lowest BCUT2D eigenvalue weighted by Crippen LogP contribution is -2.15. The fourth-order valence-electron chi connectivity index (χ4n) is 1.55. The maximum atomic E-state index is 11.3. The minimum absolute atomic E-state index is 0.297. The Kier molecular flexibility index (Phi) is 2.04. The number of benzene rings is 1. The van der Waals surface area contributed by atoms with Crippen molar-refractivity contribution in [1.29, 1.82) is 0 Å². The Labute approximate surface area is 84.8 Å². The topological polar surface area (TPSA) is 67.5 Å². The van der Waals surface area contributed by atoms with Crippen LogP contribution in [0.4, 0.5) is 0 Å². The van der Waals surface area contributed by atoms with Gasteiger partial charge in [-0.25, -0.2) is 9.59 Å². The van der Waals surface area contributed by atoms with Gasteiger partial charge in [-0.1, -0.05) is 18.2 Å². The Bertz CT molecular complexity index is 595. The average molecular weight is 204 g/mol. The van der Waals surface area contributed by atoms with Gasteiger partial charge >= 0.3 is 11.6 Å². The summed E-state index contributed by atoms with van der Waals surface area (Å²) in [7, 11) is 0. The van der Waals surface area contributed by atoms with Crippen molar-refractivity contribution >= 4 is 16.9 Å². The number of aromatic carboxylic acids is 1. The monoisotopic (exact) mass is 204 g/mol. The summed E-state index contributed by atoms with van der Waals surface area (Å²) in [5, 5.41) is 9.49. The lowest BCUT2D eigenvalue weighted by atomic mass is 10.1. The second kappa shape index (κ2) is 3.24. The normalized spacial score (nSPS) is 10.5. The third-order valence-corrected chi connectivity index (χ3v) is 2.29. The third-order valence-electron chi connectivity index (χ3n) is 2.29. The summed E-state index contributed by atoms with van der Waals surface area (Å²) in [6.07, 6.45) is 0. The summed E-state index contributed by atoms with van der Waals surface area (Å²) in [5.41, 5.74) is -0.258. The molecule has 0 fully saturated rings. The van der Waals surface area contributed by atoms with Crippen LogP contribution in [0, 0.1) is 6.92 Å². The van der Waals surface area contributed by atoms with E-state index in [4.69, 9.17) is 9.52 Å². The first-order valence-electron chi connectivity index (χ1n) is 4.37. The van der Waals surface area contributed by atoms with Gasteiger partial charge in [-0.15, -0.1) is 0 Å². The summed E-state index contributed by atoms with van der Waals surface area (Å²) in [5.74, 6) is -1.26. The van der Waals surface area contributed by atoms with Crippen LogP contribution in [-0.2, 0) is 0 Å². The third kappa shape index (κ3) is 1.40. The first-order valence-corrected chi connectivity index (χ1v) is 4.37. The smallest absolute Gasteiger partial charge is 0.351 e. The zero-order valence-corrected chi connectivity index (χ0v) is 7.98. The van der Waals surface area contributed by atoms with Crippen molar-refractivity contribution in [2.75, 3.05) is 0 Å². The Hall–Kier alpha value is -2.10. The molecule has 1 aromatic carbocycles. The molecule has 1 N–H and O–H groups in total. The van der Waals surface area contributed by atoms with E-state index in [-0.39, 0.29) is 5.56 Å². The standard InChI is InChI=1S/C11H8O4/c1-6-7-4-2-3-5-8(7)15-11(14)9(6)10(12)13/h2-5H,1H3,(H,12,13). The van der Waals surface area contributed by atoms with Gasteiger partial charge in [0.05, 0.1) is 0 Å². The summed E-state index contributed by atoms with van der Waals surface area (Å²) in [6, 6.07) is 6.85. The quantitative estimate of drug-likeness (QED) is 0.719. The number of carbonyl (C=O) groups is 1. The van der Waals surface area contributed by atoms with Gasteiger partial charge in [0.15, 0.2) is 0 Å². The average Bonchev–Trinajstić information content (AvgIpc) is 2.17. The van der Waals surface area contributed by atoms with Gasteiger partial charge in [0.2, 0.25) is 0 Å².